The van der Waals surface area contributed by atoms with Crippen LogP contribution in [0.25, 0.3) is 28.2 Å². The van der Waals surface area contributed by atoms with Crippen LogP contribution in [-0.4, -0.2) is 24.2 Å². The standard InChI is InChI=1S/C26H21N3O2/c1-31-21-13-7-12-20(17-21)25-18-23(22-14-5-6-15-24(22)28-25)26(30)29-27-16-8-11-19-9-3-2-4-10-19/h2-18H,1H3,(H,29,30). The van der Waals surface area contributed by atoms with Gasteiger partial charge in [0.15, 0.2) is 0 Å². The molecule has 0 aliphatic rings. The van der Waals surface area contributed by atoms with Gasteiger partial charge in [-0.3, -0.25) is 4.79 Å². The van der Waals surface area contributed by atoms with Gasteiger partial charge in [0.25, 0.3) is 5.91 Å². The zero-order chi connectivity index (χ0) is 21.5. The number of ether oxygens (including phenoxy) is 1. The molecule has 0 saturated carbocycles. The molecule has 0 saturated heterocycles. The molecule has 0 aliphatic heterocycles. The molecule has 1 amide bonds. The second-order valence-electron chi connectivity index (χ2n) is 6.79. The largest absolute Gasteiger partial charge is 0.497 e. The number of allylic oxidation sites excluding steroid dienone is 1. The lowest BCUT2D eigenvalue weighted by atomic mass is 10.0. The number of methoxy groups -OCH3 is 1. The molecule has 1 aromatic heterocycles. The maximum absolute atomic E-state index is 12.9. The molecule has 0 aliphatic carbocycles. The summed E-state index contributed by atoms with van der Waals surface area (Å²) in [6, 6.07) is 26.8. The number of hydrogen-bond acceptors (Lipinski definition) is 4. The summed E-state index contributed by atoms with van der Waals surface area (Å²) in [4.78, 5) is 17.6. The average molecular weight is 407 g/mol. The lowest BCUT2D eigenvalue weighted by molar-refractivity contribution is 0.0957. The normalized spacial score (nSPS) is 11.3. The lowest BCUT2D eigenvalue weighted by Gasteiger charge is -2.09. The van der Waals surface area contributed by atoms with Gasteiger partial charge < -0.3 is 4.74 Å². The Morgan fingerprint density at radius 1 is 0.968 bits per heavy atom. The Morgan fingerprint density at radius 2 is 1.77 bits per heavy atom. The zero-order valence-corrected chi connectivity index (χ0v) is 17.0. The maximum atomic E-state index is 12.9. The Kier molecular flexibility index (Phi) is 6.14. The number of fused-ring (bicyclic) bond motifs is 1. The second kappa shape index (κ2) is 9.50. The Hall–Kier alpha value is -4.25. The Labute approximate surface area is 180 Å². The van der Waals surface area contributed by atoms with Crippen molar-refractivity contribution >= 4 is 29.1 Å². The van der Waals surface area contributed by atoms with Gasteiger partial charge in [0.1, 0.15) is 5.75 Å². The van der Waals surface area contributed by atoms with Gasteiger partial charge in [0.2, 0.25) is 0 Å². The van der Waals surface area contributed by atoms with Crippen molar-refractivity contribution in [2.45, 2.75) is 0 Å². The summed E-state index contributed by atoms with van der Waals surface area (Å²) in [6.45, 7) is 0. The summed E-state index contributed by atoms with van der Waals surface area (Å²) in [7, 11) is 1.62. The van der Waals surface area contributed by atoms with E-state index in [1.54, 1.807) is 25.5 Å². The van der Waals surface area contributed by atoms with Crippen LogP contribution in [-0.2, 0) is 0 Å². The first-order chi connectivity index (χ1) is 15.2. The molecule has 0 radical (unpaired) electrons. The molecule has 1 N–H and O–H groups in total. The number of rotatable bonds is 6. The van der Waals surface area contributed by atoms with Crippen LogP contribution in [0.2, 0.25) is 0 Å². The molecule has 5 heteroatoms. The first-order valence-electron chi connectivity index (χ1n) is 9.84. The third kappa shape index (κ3) is 4.85. The first kappa shape index (κ1) is 20.0. The third-order valence-corrected chi connectivity index (χ3v) is 4.74. The SMILES string of the molecule is COc1cccc(-c2cc(C(=O)NN=CC=Cc3ccccc3)c3ccccc3n2)c1. The van der Waals surface area contributed by atoms with E-state index in [0.29, 0.717) is 11.3 Å². The van der Waals surface area contributed by atoms with Crippen molar-refractivity contribution in [1.82, 2.24) is 10.4 Å². The number of aromatic nitrogens is 1. The summed E-state index contributed by atoms with van der Waals surface area (Å²) in [5.41, 5.74) is 6.47. The molecule has 0 atom stereocenters. The number of pyridine rings is 1. The molecule has 0 fully saturated rings. The minimum Gasteiger partial charge on any atom is -0.497 e. The molecule has 3 aromatic carbocycles. The van der Waals surface area contributed by atoms with Gasteiger partial charge in [-0.15, -0.1) is 0 Å². The summed E-state index contributed by atoms with van der Waals surface area (Å²) in [6.07, 6.45) is 5.25. The zero-order valence-electron chi connectivity index (χ0n) is 17.0. The molecule has 0 unspecified atom stereocenters. The number of carbonyl (C=O) groups is 1. The van der Waals surface area contributed by atoms with Gasteiger partial charge in [-0.1, -0.05) is 66.7 Å². The summed E-state index contributed by atoms with van der Waals surface area (Å²) >= 11 is 0. The summed E-state index contributed by atoms with van der Waals surface area (Å²) in [5, 5.41) is 4.81. The monoisotopic (exact) mass is 407 g/mol. The summed E-state index contributed by atoms with van der Waals surface area (Å²) < 4.78 is 5.32. The highest BCUT2D eigenvalue weighted by molar-refractivity contribution is 6.07. The van der Waals surface area contributed by atoms with E-state index >= 15 is 0 Å². The highest BCUT2D eigenvalue weighted by Crippen LogP contribution is 2.27. The average Bonchev–Trinajstić information content (AvgIpc) is 2.83. The smallest absolute Gasteiger partial charge is 0.272 e. The van der Waals surface area contributed by atoms with Crippen molar-refractivity contribution in [2.24, 2.45) is 5.10 Å². The minimum absolute atomic E-state index is 0.299. The molecule has 1 heterocycles. The van der Waals surface area contributed by atoms with E-state index in [1.165, 1.54) is 0 Å². The van der Waals surface area contributed by atoms with E-state index in [9.17, 15) is 4.79 Å². The van der Waals surface area contributed by atoms with Crippen LogP contribution < -0.4 is 10.2 Å². The van der Waals surface area contributed by atoms with Crippen LogP contribution in [0.4, 0.5) is 0 Å². The Morgan fingerprint density at radius 3 is 2.61 bits per heavy atom. The van der Waals surface area contributed by atoms with Crippen molar-refractivity contribution in [3.63, 3.8) is 0 Å². The van der Waals surface area contributed by atoms with Gasteiger partial charge in [0.05, 0.1) is 23.9 Å². The van der Waals surface area contributed by atoms with E-state index in [0.717, 1.165) is 27.8 Å². The van der Waals surface area contributed by atoms with Crippen molar-refractivity contribution in [2.75, 3.05) is 7.11 Å². The quantitative estimate of drug-likeness (QED) is 0.347. The number of hydrazone groups is 1. The molecular weight excluding hydrogens is 386 g/mol. The molecule has 0 bridgehead atoms. The predicted molar refractivity (Wildman–Crippen MR) is 125 cm³/mol. The van der Waals surface area contributed by atoms with Crippen molar-refractivity contribution in [3.05, 3.63) is 102 Å². The van der Waals surface area contributed by atoms with E-state index in [2.05, 4.69) is 10.5 Å². The van der Waals surface area contributed by atoms with E-state index in [-0.39, 0.29) is 5.91 Å². The van der Waals surface area contributed by atoms with Crippen molar-refractivity contribution < 1.29 is 9.53 Å². The van der Waals surface area contributed by atoms with Crippen LogP contribution in [0, 0.1) is 0 Å². The van der Waals surface area contributed by atoms with Crippen LogP contribution in [0.3, 0.4) is 0 Å². The first-order valence-corrected chi connectivity index (χ1v) is 9.84. The molecule has 0 spiro atoms. The number of benzene rings is 3. The van der Waals surface area contributed by atoms with E-state index in [1.807, 2.05) is 84.9 Å². The number of para-hydroxylation sites is 1. The fourth-order valence-electron chi connectivity index (χ4n) is 3.21. The fourth-order valence-corrected chi connectivity index (χ4v) is 3.21. The van der Waals surface area contributed by atoms with Gasteiger partial charge in [-0.25, -0.2) is 10.4 Å². The van der Waals surface area contributed by atoms with Gasteiger partial charge in [-0.2, -0.15) is 5.10 Å². The summed E-state index contributed by atoms with van der Waals surface area (Å²) in [5.74, 6) is 0.431. The number of nitrogens with one attached hydrogen (secondary N) is 1. The van der Waals surface area contributed by atoms with Crippen molar-refractivity contribution in [3.8, 4) is 17.0 Å². The van der Waals surface area contributed by atoms with Crippen LogP contribution in [0.5, 0.6) is 5.75 Å². The lowest BCUT2D eigenvalue weighted by Crippen LogP contribution is -2.18. The van der Waals surface area contributed by atoms with E-state index in [4.69, 9.17) is 9.72 Å². The number of hydrogen-bond donors (Lipinski definition) is 1. The maximum Gasteiger partial charge on any atom is 0.272 e. The van der Waals surface area contributed by atoms with Crippen LogP contribution >= 0.6 is 0 Å². The fraction of sp³-hybridized carbons (Fsp3) is 0.0385. The highest BCUT2D eigenvalue weighted by Gasteiger charge is 2.13. The number of amides is 1. The third-order valence-electron chi connectivity index (χ3n) is 4.74. The second-order valence-corrected chi connectivity index (χ2v) is 6.79. The predicted octanol–water partition coefficient (Wildman–Crippen LogP) is 5.34. The topological polar surface area (TPSA) is 63.6 Å². The van der Waals surface area contributed by atoms with Crippen LogP contribution in [0.1, 0.15) is 15.9 Å². The van der Waals surface area contributed by atoms with Gasteiger partial charge >= 0.3 is 0 Å². The van der Waals surface area contributed by atoms with Gasteiger partial charge in [0, 0.05) is 17.2 Å². The number of nitrogens with zero attached hydrogens (tertiary/aromatic N) is 2. The molecule has 31 heavy (non-hydrogen) atoms. The Bertz CT molecular complexity index is 1260. The molecule has 4 rings (SSSR count). The van der Waals surface area contributed by atoms with Crippen molar-refractivity contribution in [1.29, 1.82) is 0 Å². The Balaban J connectivity index is 1.60. The molecule has 5 nitrogen and oxygen atoms in total. The highest BCUT2D eigenvalue weighted by atomic mass is 16.5. The molecule has 152 valence electrons. The molecule has 4 aromatic rings. The number of carbonyl (C=O) groups excluding carboxylic acids is 1. The minimum atomic E-state index is -0.299. The van der Waals surface area contributed by atoms with E-state index < -0.39 is 0 Å². The molecular formula is C26H21N3O2. The van der Waals surface area contributed by atoms with Gasteiger partial charge in [-0.05, 0) is 35.9 Å². The van der Waals surface area contributed by atoms with Crippen LogP contribution in [0.15, 0.2) is 96.1 Å².